The van der Waals surface area contributed by atoms with Crippen LogP contribution in [-0.2, 0) is 9.47 Å². The molecule has 2 fully saturated rings. The standard InChI is InChI=1S/C19H29N5O4/c25-18(21-3-5-23-7-11-27-12-8-23)16-1-2-20-17(15-16)19(26)22-4-6-24-9-13-28-14-10-24/h1-2,15H,3-14H2,(H,21,25)(H,22,26). The molecule has 2 aliphatic heterocycles. The van der Waals surface area contributed by atoms with Gasteiger partial charge < -0.3 is 20.1 Å². The molecule has 28 heavy (non-hydrogen) atoms. The van der Waals surface area contributed by atoms with Gasteiger partial charge in [-0.2, -0.15) is 0 Å². The number of amides is 2. The lowest BCUT2D eigenvalue weighted by Gasteiger charge is -2.26. The van der Waals surface area contributed by atoms with E-state index >= 15 is 0 Å². The van der Waals surface area contributed by atoms with Crippen LogP contribution in [0, 0.1) is 0 Å². The average Bonchev–Trinajstić information content (AvgIpc) is 2.75. The Morgan fingerprint density at radius 2 is 1.43 bits per heavy atom. The summed E-state index contributed by atoms with van der Waals surface area (Å²) in [5, 5.41) is 5.76. The lowest BCUT2D eigenvalue weighted by molar-refractivity contribution is 0.0382. The molecule has 0 atom stereocenters. The van der Waals surface area contributed by atoms with E-state index in [2.05, 4.69) is 25.4 Å². The van der Waals surface area contributed by atoms with E-state index in [4.69, 9.17) is 9.47 Å². The largest absolute Gasteiger partial charge is 0.379 e. The first-order chi connectivity index (χ1) is 13.7. The van der Waals surface area contributed by atoms with Crippen LogP contribution in [0.4, 0.5) is 0 Å². The Hall–Kier alpha value is -2.07. The second-order valence-corrected chi connectivity index (χ2v) is 6.85. The molecule has 3 rings (SSSR count). The van der Waals surface area contributed by atoms with E-state index in [9.17, 15) is 9.59 Å². The summed E-state index contributed by atoms with van der Waals surface area (Å²) in [5.41, 5.74) is 0.693. The molecule has 2 saturated heterocycles. The molecule has 0 saturated carbocycles. The summed E-state index contributed by atoms with van der Waals surface area (Å²) < 4.78 is 10.6. The Kier molecular flexibility index (Phi) is 8.16. The minimum atomic E-state index is -0.267. The van der Waals surface area contributed by atoms with Gasteiger partial charge in [-0.05, 0) is 12.1 Å². The van der Waals surface area contributed by atoms with Gasteiger partial charge in [0.25, 0.3) is 11.8 Å². The summed E-state index contributed by atoms with van der Waals surface area (Å²) >= 11 is 0. The van der Waals surface area contributed by atoms with Crippen LogP contribution in [0.1, 0.15) is 20.8 Å². The maximum atomic E-state index is 12.3. The number of pyridine rings is 1. The number of carbonyl (C=O) groups excluding carboxylic acids is 2. The van der Waals surface area contributed by atoms with Crippen molar-refractivity contribution in [1.29, 1.82) is 0 Å². The van der Waals surface area contributed by atoms with Gasteiger partial charge in [-0.3, -0.25) is 24.4 Å². The van der Waals surface area contributed by atoms with Crippen molar-refractivity contribution in [2.24, 2.45) is 0 Å². The minimum Gasteiger partial charge on any atom is -0.379 e. The van der Waals surface area contributed by atoms with E-state index in [1.54, 1.807) is 6.07 Å². The van der Waals surface area contributed by atoms with Crippen LogP contribution in [0.3, 0.4) is 0 Å². The second-order valence-electron chi connectivity index (χ2n) is 6.85. The van der Waals surface area contributed by atoms with Crippen molar-refractivity contribution in [3.8, 4) is 0 Å². The number of ether oxygens (including phenoxy) is 2. The topological polar surface area (TPSA) is 96.0 Å². The van der Waals surface area contributed by atoms with E-state index in [1.807, 2.05) is 0 Å². The van der Waals surface area contributed by atoms with E-state index < -0.39 is 0 Å². The number of morpholine rings is 2. The number of rotatable bonds is 8. The van der Waals surface area contributed by atoms with Crippen LogP contribution in [0.15, 0.2) is 18.3 Å². The van der Waals surface area contributed by atoms with E-state index in [1.165, 1.54) is 12.3 Å². The zero-order chi connectivity index (χ0) is 19.6. The third kappa shape index (κ3) is 6.52. The van der Waals surface area contributed by atoms with Crippen LogP contribution >= 0.6 is 0 Å². The molecule has 0 aromatic carbocycles. The van der Waals surface area contributed by atoms with Gasteiger partial charge in [0.15, 0.2) is 0 Å². The monoisotopic (exact) mass is 391 g/mol. The third-order valence-electron chi connectivity index (χ3n) is 4.89. The van der Waals surface area contributed by atoms with Gasteiger partial charge in [-0.15, -0.1) is 0 Å². The highest BCUT2D eigenvalue weighted by atomic mass is 16.5. The highest BCUT2D eigenvalue weighted by Crippen LogP contribution is 2.03. The fourth-order valence-corrected chi connectivity index (χ4v) is 3.19. The SMILES string of the molecule is O=C(NCCN1CCOCC1)c1ccnc(C(=O)NCCN2CCOCC2)c1. The molecule has 0 radical (unpaired) electrons. The summed E-state index contributed by atoms with van der Waals surface area (Å²) in [5.74, 6) is -0.464. The van der Waals surface area contributed by atoms with Crippen LogP contribution in [0.25, 0.3) is 0 Å². The van der Waals surface area contributed by atoms with Crippen LogP contribution in [-0.4, -0.2) is 105 Å². The van der Waals surface area contributed by atoms with Crippen LogP contribution in [0.5, 0.6) is 0 Å². The predicted octanol–water partition coefficient (Wildman–Crippen LogP) is -0.794. The number of hydrogen-bond acceptors (Lipinski definition) is 7. The first kappa shape index (κ1) is 20.7. The predicted molar refractivity (Wildman–Crippen MR) is 103 cm³/mol. The number of aromatic nitrogens is 1. The highest BCUT2D eigenvalue weighted by Gasteiger charge is 2.14. The number of nitrogens with one attached hydrogen (secondary N) is 2. The number of carbonyl (C=O) groups is 2. The third-order valence-corrected chi connectivity index (χ3v) is 4.89. The lowest BCUT2D eigenvalue weighted by Crippen LogP contribution is -2.41. The van der Waals surface area contributed by atoms with Crippen LogP contribution in [0.2, 0.25) is 0 Å². The molecule has 154 valence electrons. The number of hydrogen-bond donors (Lipinski definition) is 2. The van der Waals surface area contributed by atoms with Gasteiger partial charge >= 0.3 is 0 Å². The van der Waals surface area contributed by atoms with Gasteiger partial charge in [0.2, 0.25) is 0 Å². The Morgan fingerprint density at radius 3 is 2.00 bits per heavy atom. The fourth-order valence-electron chi connectivity index (χ4n) is 3.19. The van der Waals surface area contributed by atoms with Crippen molar-refractivity contribution in [3.63, 3.8) is 0 Å². The van der Waals surface area contributed by atoms with Crippen molar-refractivity contribution in [1.82, 2.24) is 25.4 Å². The molecule has 0 unspecified atom stereocenters. The Labute approximate surface area is 165 Å². The lowest BCUT2D eigenvalue weighted by atomic mass is 10.2. The van der Waals surface area contributed by atoms with Crippen molar-refractivity contribution in [2.75, 3.05) is 78.8 Å². The van der Waals surface area contributed by atoms with Crippen LogP contribution < -0.4 is 10.6 Å². The Balaban J connectivity index is 1.41. The molecule has 3 heterocycles. The average molecular weight is 391 g/mol. The molecule has 9 nitrogen and oxygen atoms in total. The van der Waals surface area contributed by atoms with Gasteiger partial charge in [0.05, 0.1) is 26.4 Å². The molecule has 0 bridgehead atoms. The van der Waals surface area contributed by atoms with E-state index in [-0.39, 0.29) is 17.5 Å². The molecule has 9 heteroatoms. The van der Waals surface area contributed by atoms with Crippen molar-refractivity contribution in [2.45, 2.75) is 0 Å². The summed E-state index contributed by atoms with van der Waals surface area (Å²) in [6.07, 6.45) is 1.49. The zero-order valence-corrected chi connectivity index (χ0v) is 16.2. The maximum Gasteiger partial charge on any atom is 0.269 e. The molecule has 2 aliphatic rings. The van der Waals surface area contributed by atoms with E-state index in [0.717, 1.165) is 65.7 Å². The summed E-state index contributed by atoms with van der Waals surface area (Å²) in [6, 6.07) is 3.16. The quantitative estimate of drug-likeness (QED) is 0.599. The molecule has 2 N–H and O–H groups in total. The van der Waals surface area contributed by atoms with Gasteiger partial charge in [0, 0.05) is 64.1 Å². The number of nitrogens with zero attached hydrogens (tertiary/aromatic N) is 3. The van der Waals surface area contributed by atoms with Gasteiger partial charge in [-0.25, -0.2) is 0 Å². The summed E-state index contributed by atoms with van der Waals surface area (Å²) in [6.45, 7) is 9.15. The molecule has 2 amide bonds. The molecule has 1 aromatic rings. The highest BCUT2D eigenvalue weighted by molar-refractivity contribution is 5.98. The first-order valence-electron chi connectivity index (χ1n) is 9.85. The van der Waals surface area contributed by atoms with Crippen molar-refractivity contribution >= 4 is 11.8 Å². The van der Waals surface area contributed by atoms with E-state index in [0.29, 0.717) is 18.7 Å². The molecular weight excluding hydrogens is 362 g/mol. The Morgan fingerprint density at radius 1 is 0.893 bits per heavy atom. The molecule has 1 aromatic heterocycles. The Bertz CT molecular complexity index is 594. The fraction of sp³-hybridized carbons (Fsp3) is 0.632. The molecular formula is C19H29N5O4. The maximum absolute atomic E-state index is 12.3. The van der Waals surface area contributed by atoms with Crippen molar-refractivity contribution < 1.29 is 19.1 Å². The van der Waals surface area contributed by atoms with Gasteiger partial charge in [0.1, 0.15) is 5.69 Å². The van der Waals surface area contributed by atoms with Gasteiger partial charge in [-0.1, -0.05) is 0 Å². The summed E-state index contributed by atoms with van der Waals surface area (Å²) in [4.78, 5) is 33.3. The smallest absolute Gasteiger partial charge is 0.269 e. The second kappa shape index (κ2) is 11.1. The summed E-state index contributed by atoms with van der Waals surface area (Å²) in [7, 11) is 0. The molecule has 0 spiro atoms. The normalized spacial score (nSPS) is 18.6. The first-order valence-corrected chi connectivity index (χ1v) is 9.85. The molecule has 0 aliphatic carbocycles. The minimum absolute atomic E-state index is 0.196. The van der Waals surface area contributed by atoms with Crippen molar-refractivity contribution in [3.05, 3.63) is 29.6 Å². The zero-order valence-electron chi connectivity index (χ0n) is 16.2.